The molecule has 0 saturated heterocycles. The highest BCUT2D eigenvalue weighted by molar-refractivity contribution is 6.31. The summed E-state index contributed by atoms with van der Waals surface area (Å²) >= 11 is 6.46. The first-order valence-corrected chi connectivity index (χ1v) is 10.1. The first-order valence-electron chi connectivity index (χ1n) is 9.69. The van der Waals surface area contributed by atoms with E-state index in [0.29, 0.717) is 17.1 Å². The zero-order chi connectivity index (χ0) is 20.7. The maximum atomic E-state index is 12.1. The van der Waals surface area contributed by atoms with E-state index in [4.69, 9.17) is 17.3 Å². The molecule has 1 heterocycles. The lowest BCUT2D eigenvalue weighted by Crippen LogP contribution is -2.11. The highest BCUT2D eigenvalue weighted by atomic mass is 35.5. The van der Waals surface area contributed by atoms with Crippen LogP contribution in [0.25, 0.3) is 32.9 Å². The molecule has 1 radical (unpaired) electrons. The molecule has 4 aromatic carbocycles. The molecule has 0 aliphatic heterocycles. The van der Waals surface area contributed by atoms with Gasteiger partial charge in [0.15, 0.2) is 0 Å². The summed E-state index contributed by atoms with van der Waals surface area (Å²) in [7, 11) is 0. The monoisotopic (exact) mass is 409 g/mol. The third-order valence-corrected chi connectivity index (χ3v) is 5.82. The highest BCUT2D eigenvalue weighted by Crippen LogP contribution is 2.35. The van der Waals surface area contributed by atoms with Gasteiger partial charge in [-0.25, -0.2) is 0 Å². The number of carbonyl (C=O) groups excluding carboxylic acids is 1. The number of nitrogens with zero attached hydrogens (tertiary/aromatic N) is 1. The number of fused-ring (bicyclic) bond motifs is 3. The van der Waals surface area contributed by atoms with E-state index in [1.165, 1.54) is 0 Å². The van der Waals surface area contributed by atoms with Crippen molar-refractivity contribution in [3.05, 3.63) is 107 Å². The van der Waals surface area contributed by atoms with Crippen LogP contribution >= 0.6 is 11.6 Å². The number of nitrogens with two attached hydrogens (primary N) is 1. The van der Waals surface area contributed by atoms with Crippen LogP contribution in [-0.4, -0.2) is 10.5 Å². The largest absolute Gasteiger partial charge is 0.366 e. The number of hydrogen-bond acceptors (Lipinski definition) is 1. The SMILES string of the molecule is NC(=O)c1cccc2c1c1[c]cc(-c3ccccc3)cc1n2Cc1ccccc1Cl. The molecule has 0 fully saturated rings. The average Bonchev–Trinajstić information content (AvgIpc) is 3.09. The van der Waals surface area contributed by atoms with Crippen molar-refractivity contribution >= 4 is 39.3 Å². The normalized spacial score (nSPS) is 11.2. The van der Waals surface area contributed by atoms with Crippen LogP contribution in [-0.2, 0) is 6.54 Å². The molecule has 3 nitrogen and oxygen atoms in total. The van der Waals surface area contributed by atoms with E-state index in [1.54, 1.807) is 6.07 Å². The number of halogens is 1. The van der Waals surface area contributed by atoms with Crippen molar-refractivity contribution in [1.29, 1.82) is 0 Å². The Morgan fingerprint density at radius 2 is 1.67 bits per heavy atom. The molecule has 30 heavy (non-hydrogen) atoms. The van der Waals surface area contributed by atoms with Crippen molar-refractivity contribution in [2.24, 2.45) is 5.73 Å². The van der Waals surface area contributed by atoms with E-state index >= 15 is 0 Å². The van der Waals surface area contributed by atoms with Gasteiger partial charge in [-0.05, 0) is 53.1 Å². The summed E-state index contributed by atoms with van der Waals surface area (Å²) in [5.74, 6) is -0.446. The number of amides is 1. The van der Waals surface area contributed by atoms with E-state index in [9.17, 15) is 4.79 Å². The van der Waals surface area contributed by atoms with E-state index in [2.05, 4.69) is 28.8 Å². The van der Waals surface area contributed by atoms with E-state index in [0.717, 1.165) is 38.5 Å². The van der Waals surface area contributed by atoms with Crippen LogP contribution < -0.4 is 5.73 Å². The predicted molar refractivity (Wildman–Crippen MR) is 123 cm³/mol. The van der Waals surface area contributed by atoms with Gasteiger partial charge in [-0.2, -0.15) is 0 Å². The fourth-order valence-corrected chi connectivity index (χ4v) is 4.22. The Morgan fingerprint density at radius 1 is 0.900 bits per heavy atom. The number of aromatic nitrogens is 1. The molecule has 0 aliphatic carbocycles. The molecule has 0 aliphatic rings. The van der Waals surface area contributed by atoms with Gasteiger partial charge in [0.2, 0.25) is 5.91 Å². The molecule has 0 spiro atoms. The zero-order valence-corrected chi connectivity index (χ0v) is 16.9. The van der Waals surface area contributed by atoms with Crippen LogP contribution in [0.3, 0.4) is 0 Å². The Hall–Kier alpha value is -3.56. The van der Waals surface area contributed by atoms with Gasteiger partial charge in [0.1, 0.15) is 0 Å². The number of carbonyl (C=O) groups is 1. The minimum atomic E-state index is -0.446. The maximum Gasteiger partial charge on any atom is 0.249 e. The second-order valence-electron chi connectivity index (χ2n) is 7.26. The number of primary amides is 1. The topological polar surface area (TPSA) is 48.0 Å². The fourth-order valence-electron chi connectivity index (χ4n) is 4.03. The molecule has 1 amide bonds. The van der Waals surface area contributed by atoms with Crippen LogP contribution in [0.15, 0.2) is 84.9 Å². The van der Waals surface area contributed by atoms with Gasteiger partial charge < -0.3 is 10.3 Å². The van der Waals surface area contributed by atoms with Crippen LogP contribution in [0.2, 0.25) is 5.02 Å². The molecule has 0 atom stereocenters. The molecule has 4 heteroatoms. The Morgan fingerprint density at radius 3 is 2.43 bits per heavy atom. The van der Waals surface area contributed by atoms with E-state index in [1.807, 2.05) is 60.7 Å². The molecular formula is C26H18ClN2O. The summed E-state index contributed by atoms with van der Waals surface area (Å²) in [6.07, 6.45) is 0. The summed E-state index contributed by atoms with van der Waals surface area (Å²) in [5, 5.41) is 2.42. The molecular weight excluding hydrogens is 392 g/mol. The van der Waals surface area contributed by atoms with Gasteiger partial charge in [-0.1, -0.05) is 66.2 Å². The lowest BCUT2D eigenvalue weighted by molar-refractivity contribution is 0.100. The fraction of sp³-hybridized carbons (Fsp3) is 0.0385. The smallest absolute Gasteiger partial charge is 0.249 e. The van der Waals surface area contributed by atoms with Crippen molar-refractivity contribution in [3.63, 3.8) is 0 Å². The first kappa shape index (κ1) is 18.5. The van der Waals surface area contributed by atoms with Gasteiger partial charge >= 0.3 is 0 Å². The molecule has 5 rings (SSSR count). The molecule has 0 saturated carbocycles. The summed E-state index contributed by atoms with van der Waals surface area (Å²) in [6, 6.07) is 31.2. The quantitative estimate of drug-likeness (QED) is 0.385. The maximum absolute atomic E-state index is 12.1. The molecule has 145 valence electrons. The molecule has 1 aromatic heterocycles. The molecule has 2 N–H and O–H groups in total. The highest BCUT2D eigenvalue weighted by Gasteiger charge is 2.18. The summed E-state index contributed by atoms with van der Waals surface area (Å²) in [6.45, 7) is 0.577. The lowest BCUT2D eigenvalue weighted by atomic mass is 10.0. The first-order chi connectivity index (χ1) is 14.6. The average molecular weight is 410 g/mol. The van der Waals surface area contributed by atoms with Crippen LogP contribution in [0.5, 0.6) is 0 Å². The second kappa shape index (κ2) is 7.36. The Labute approximate surface area is 179 Å². The van der Waals surface area contributed by atoms with Gasteiger partial charge in [-0.15, -0.1) is 0 Å². The van der Waals surface area contributed by atoms with Crippen molar-refractivity contribution in [2.75, 3.05) is 0 Å². The number of hydrogen-bond donors (Lipinski definition) is 1. The Bertz CT molecular complexity index is 1400. The second-order valence-corrected chi connectivity index (χ2v) is 7.66. The van der Waals surface area contributed by atoms with Crippen molar-refractivity contribution < 1.29 is 4.79 Å². The van der Waals surface area contributed by atoms with Gasteiger partial charge in [0.25, 0.3) is 0 Å². The van der Waals surface area contributed by atoms with Crippen molar-refractivity contribution in [3.8, 4) is 11.1 Å². The van der Waals surface area contributed by atoms with Crippen LogP contribution in [0, 0.1) is 6.07 Å². The molecule has 5 aromatic rings. The van der Waals surface area contributed by atoms with E-state index < -0.39 is 5.91 Å². The van der Waals surface area contributed by atoms with Gasteiger partial charge in [0, 0.05) is 27.9 Å². The minimum absolute atomic E-state index is 0.446. The minimum Gasteiger partial charge on any atom is -0.366 e. The van der Waals surface area contributed by atoms with Crippen LogP contribution in [0.1, 0.15) is 15.9 Å². The predicted octanol–water partition coefficient (Wildman–Crippen LogP) is 6.06. The number of benzene rings is 4. The Kier molecular flexibility index (Phi) is 4.53. The Balaban J connectivity index is 1.83. The summed E-state index contributed by atoms with van der Waals surface area (Å²) < 4.78 is 2.18. The lowest BCUT2D eigenvalue weighted by Gasteiger charge is -2.10. The third kappa shape index (κ3) is 3.04. The van der Waals surface area contributed by atoms with Gasteiger partial charge in [0.05, 0.1) is 11.0 Å². The molecule has 0 bridgehead atoms. The van der Waals surface area contributed by atoms with Crippen LogP contribution in [0.4, 0.5) is 0 Å². The third-order valence-electron chi connectivity index (χ3n) is 5.45. The standard InChI is InChI=1S/C26H18ClN2O/c27-22-11-5-4-9-19(22)16-29-23-12-6-10-21(26(28)30)25(23)20-14-13-18(15-24(20)29)17-7-2-1-3-8-17/h1-13,15H,16H2,(H2,28,30). The van der Waals surface area contributed by atoms with Gasteiger partial charge in [-0.3, -0.25) is 4.79 Å². The number of rotatable bonds is 4. The summed E-state index contributed by atoms with van der Waals surface area (Å²) in [4.78, 5) is 12.1. The summed E-state index contributed by atoms with van der Waals surface area (Å²) in [5.41, 5.74) is 11.3. The molecule has 0 unspecified atom stereocenters. The zero-order valence-electron chi connectivity index (χ0n) is 16.1. The van der Waals surface area contributed by atoms with Crippen molar-refractivity contribution in [2.45, 2.75) is 6.54 Å². The van der Waals surface area contributed by atoms with Crippen molar-refractivity contribution in [1.82, 2.24) is 4.57 Å². The van der Waals surface area contributed by atoms with E-state index in [-0.39, 0.29) is 0 Å².